The lowest BCUT2D eigenvalue weighted by molar-refractivity contribution is -0.895. The number of rotatable bonds is 5. The van der Waals surface area contributed by atoms with E-state index in [-0.39, 0.29) is 15.8 Å². The smallest absolute Gasteiger partial charge is 0.275 e. The van der Waals surface area contributed by atoms with Crippen molar-refractivity contribution in [2.45, 2.75) is 43.5 Å². The van der Waals surface area contributed by atoms with E-state index in [0.717, 1.165) is 23.7 Å². The second-order valence-corrected chi connectivity index (χ2v) is 10.1. The maximum atomic E-state index is 12.8. The topological polar surface area (TPSA) is 70.9 Å². The van der Waals surface area contributed by atoms with Gasteiger partial charge in [0.1, 0.15) is 4.90 Å². The number of carbonyl (C=O) groups excluding carboxylic acids is 1. The van der Waals surface area contributed by atoms with E-state index in [4.69, 9.17) is 11.6 Å². The maximum Gasteiger partial charge on any atom is 0.275 e. The van der Waals surface area contributed by atoms with Gasteiger partial charge in [0.15, 0.2) is 6.54 Å². The first-order valence-electron chi connectivity index (χ1n) is 9.74. The molecule has 1 saturated carbocycles. The second-order valence-electron chi connectivity index (χ2n) is 7.79. The molecule has 0 radical (unpaired) electrons. The van der Waals surface area contributed by atoms with Crippen LogP contribution >= 0.6 is 11.6 Å². The number of hydrogen-bond donors (Lipinski definition) is 2. The summed E-state index contributed by atoms with van der Waals surface area (Å²) in [5, 5.41) is 3.40. The Hall–Kier alpha value is -1.15. The summed E-state index contributed by atoms with van der Waals surface area (Å²) in [4.78, 5) is 13.6. The van der Waals surface area contributed by atoms with Crippen LogP contribution in [-0.2, 0) is 14.8 Å². The van der Waals surface area contributed by atoms with Crippen LogP contribution in [0.4, 0.5) is 0 Å². The average Bonchev–Trinajstić information content (AvgIpc) is 2.64. The SMILES string of the molecule is CC1CCC(NC(=O)C[NH+]2CCN(S(=O)(=O)c3ccccc3Cl)CC2)CC1. The van der Waals surface area contributed by atoms with Gasteiger partial charge < -0.3 is 10.2 Å². The Morgan fingerprint density at radius 3 is 2.44 bits per heavy atom. The van der Waals surface area contributed by atoms with Crippen molar-refractivity contribution < 1.29 is 18.1 Å². The van der Waals surface area contributed by atoms with Gasteiger partial charge in [-0.25, -0.2) is 8.42 Å². The molecule has 1 aliphatic carbocycles. The van der Waals surface area contributed by atoms with Gasteiger partial charge in [0.2, 0.25) is 10.0 Å². The fourth-order valence-electron chi connectivity index (χ4n) is 3.92. The lowest BCUT2D eigenvalue weighted by atomic mass is 9.87. The maximum absolute atomic E-state index is 12.8. The van der Waals surface area contributed by atoms with Crippen molar-refractivity contribution in [1.82, 2.24) is 9.62 Å². The summed E-state index contributed by atoms with van der Waals surface area (Å²) >= 11 is 6.06. The normalized spacial score (nSPS) is 25.3. The van der Waals surface area contributed by atoms with Crippen molar-refractivity contribution in [1.29, 1.82) is 0 Å². The quantitative estimate of drug-likeness (QED) is 0.752. The van der Waals surface area contributed by atoms with E-state index in [1.165, 1.54) is 23.2 Å². The van der Waals surface area contributed by atoms with Crippen molar-refractivity contribution in [2.75, 3.05) is 32.7 Å². The van der Waals surface area contributed by atoms with Gasteiger partial charge in [-0.2, -0.15) is 4.31 Å². The minimum Gasteiger partial charge on any atom is -0.348 e. The van der Waals surface area contributed by atoms with Gasteiger partial charge in [0.05, 0.1) is 31.2 Å². The molecule has 2 fully saturated rings. The monoisotopic (exact) mass is 414 g/mol. The van der Waals surface area contributed by atoms with E-state index >= 15 is 0 Å². The van der Waals surface area contributed by atoms with Crippen molar-refractivity contribution in [3.8, 4) is 0 Å². The molecular formula is C19H29ClN3O3S+. The predicted octanol–water partition coefficient (Wildman–Crippen LogP) is 0.924. The third kappa shape index (κ3) is 5.22. The van der Waals surface area contributed by atoms with Crippen LogP contribution < -0.4 is 10.2 Å². The van der Waals surface area contributed by atoms with Crippen LogP contribution in [0.3, 0.4) is 0 Å². The number of carbonyl (C=O) groups is 1. The number of amides is 1. The fraction of sp³-hybridized carbons (Fsp3) is 0.632. The minimum atomic E-state index is -3.59. The van der Waals surface area contributed by atoms with Crippen LogP contribution in [0.1, 0.15) is 32.6 Å². The number of nitrogens with one attached hydrogen (secondary N) is 2. The zero-order valence-electron chi connectivity index (χ0n) is 15.8. The number of piperazine rings is 1. The molecule has 1 saturated heterocycles. The third-order valence-electron chi connectivity index (χ3n) is 5.68. The number of halogens is 1. The molecule has 0 aromatic heterocycles. The summed E-state index contributed by atoms with van der Waals surface area (Å²) in [6.45, 7) is 4.72. The molecule has 1 amide bonds. The molecule has 3 rings (SSSR count). The van der Waals surface area contributed by atoms with Gasteiger partial charge in [-0.05, 0) is 43.7 Å². The highest BCUT2D eigenvalue weighted by Gasteiger charge is 2.32. The van der Waals surface area contributed by atoms with Crippen molar-refractivity contribution in [3.63, 3.8) is 0 Å². The minimum absolute atomic E-state index is 0.0759. The summed E-state index contributed by atoms with van der Waals surface area (Å²) < 4.78 is 27.0. The van der Waals surface area contributed by atoms with Gasteiger partial charge in [0, 0.05) is 6.04 Å². The molecule has 2 aliphatic rings. The lowest BCUT2D eigenvalue weighted by Gasteiger charge is -2.32. The second kappa shape index (κ2) is 8.90. The Labute approximate surface area is 166 Å². The Balaban J connectivity index is 1.49. The van der Waals surface area contributed by atoms with Crippen LogP contribution in [0.25, 0.3) is 0 Å². The standard InChI is InChI=1S/C19H28ClN3O3S/c1-15-6-8-16(9-7-15)21-19(24)14-22-10-12-23(13-11-22)27(25,26)18-5-3-2-4-17(18)20/h2-5,15-16H,6-14H2,1H3,(H,21,24)/p+1. The summed E-state index contributed by atoms with van der Waals surface area (Å²) in [6, 6.07) is 6.82. The van der Waals surface area contributed by atoms with Crippen LogP contribution in [-0.4, -0.2) is 57.4 Å². The molecule has 27 heavy (non-hydrogen) atoms. The molecule has 1 heterocycles. The molecule has 0 bridgehead atoms. The molecular weight excluding hydrogens is 386 g/mol. The largest absolute Gasteiger partial charge is 0.348 e. The van der Waals surface area contributed by atoms with E-state index in [1.54, 1.807) is 18.2 Å². The highest BCUT2D eigenvalue weighted by molar-refractivity contribution is 7.89. The average molecular weight is 415 g/mol. The van der Waals surface area contributed by atoms with Gasteiger partial charge in [0.25, 0.3) is 5.91 Å². The first kappa shape index (κ1) is 20.6. The van der Waals surface area contributed by atoms with Crippen LogP contribution in [0, 0.1) is 5.92 Å². The highest BCUT2D eigenvalue weighted by Crippen LogP contribution is 2.24. The van der Waals surface area contributed by atoms with Gasteiger partial charge in [-0.15, -0.1) is 0 Å². The molecule has 1 aromatic rings. The molecule has 1 aliphatic heterocycles. The van der Waals surface area contributed by atoms with Gasteiger partial charge >= 0.3 is 0 Å². The first-order valence-corrected chi connectivity index (χ1v) is 11.6. The molecule has 150 valence electrons. The molecule has 6 nitrogen and oxygen atoms in total. The van der Waals surface area contributed by atoms with Crippen LogP contribution in [0.2, 0.25) is 5.02 Å². The summed E-state index contributed by atoms with van der Waals surface area (Å²) in [5.74, 6) is 0.837. The third-order valence-corrected chi connectivity index (χ3v) is 8.07. The molecule has 0 atom stereocenters. The molecule has 0 spiro atoms. The fourth-order valence-corrected chi connectivity index (χ4v) is 5.86. The zero-order valence-corrected chi connectivity index (χ0v) is 17.4. The Morgan fingerprint density at radius 2 is 1.81 bits per heavy atom. The molecule has 1 aromatic carbocycles. The Bertz CT molecular complexity index is 755. The zero-order chi connectivity index (χ0) is 19.4. The number of hydrogen-bond acceptors (Lipinski definition) is 3. The molecule has 0 unspecified atom stereocenters. The summed E-state index contributed by atoms with van der Waals surface area (Å²) in [7, 11) is -3.59. The van der Waals surface area contributed by atoms with Gasteiger partial charge in [-0.3, -0.25) is 4.79 Å². The number of benzene rings is 1. The number of sulfonamides is 1. The Morgan fingerprint density at radius 1 is 1.19 bits per heavy atom. The van der Waals surface area contributed by atoms with E-state index in [0.29, 0.717) is 38.8 Å². The molecule has 2 N–H and O–H groups in total. The van der Waals surface area contributed by atoms with Crippen molar-refractivity contribution in [3.05, 3.63) is 29.3 Å². The van der Waals surface area contributed by atoms with Crippen LogP contribution in [0.15, 0.2) is 29.2 Å². The number of quaternary nitrogens is 1. The van der Waals surface area contributed by atoms with E-state index in [2.05, 4.69) is 12.2 Å². The Kier molecular flexibility index (Phi) is 6.78. The van der Waals surface area contributed by atoms with Crippen molar-refractivity contribution >= 4 is 27.5 Å². The van der Waals surface area contributed by atoms with Gasteiger partial charge in [-0.1, -0.05) is 30.7 Å². The molecule has 8 heteroatoms. The predicted molar refractivity (Wildman–Crippen MR) is 105 cm³/mol. The summed E-state index contributed by atoms with van der Waals surface area (Å²) in [6.07, 6.45) is 4.48. The lowest BCUT2D eigenvalue weighted by Crippen LogP contribution is -3.15. The summed E-state index contributed by atoms with van der Waals surface area (Å²) in [5.41, 5.74) is 0. The van der Waals surface area contributed by atoms with Crippen molar-refractivity contribution in [2.24, 2.45) is 5.92 Å². The first-order chi connectivity index (χ1) is 12.9. The van der Waals surface area contributed by atoms with Crippen LogP contribution in [0.5, 0.6) is 0 Å². The highest BCUT2D eigenvalue weighted by atomic mass is 35.5. The van der Waals surface area contributed by atoms with E-state index in [1.807, 2.05) is 0 Å². The van der Waals surface area contributed by atoms with E-state index < -0.39 is 10.0 Å². The van der Waals surface area contributed by atoms with E-state index in [9.17, 15) is 13.2 Å². The number of nitrogens with zero attached hydrogens (tertiary/aromatic N) is 1.